The van der Waals surface area contributed by atoms with Gasteiger partial charge in [0.05, 0.1) is 6.21 Å². The number of rotatable bonds is 3. The van der Waals surface area contributed by atoms with Gasteiger partial charge < -0.3 is 0 Å². The molecular formula is C17H19N3O. The van der Waals surface area contributed by atoms with Gasteiger partial charge in [-0.25, -0.2) is 5.43 Å². The van der Waals surface area contributed by atoms with E-state index in [-0.39, 0.29) is 11.3 Å². The highest BCUT2D eigenvalue weighted by molar-refractivity contribution is 5.94. The molecule has 0 saturated heterocycles. The van der Waals surface area contributed by atoms with Gasteiger partial charge in [-0.1, -0.05) is 39.0 Å². The highest BCUT2D eigenvalue weighted by atomic mass is 16.2. The van der Waals surface area contributed by atoms with Gasteiger partial charge in [-0.05, 0) is 29.2 Å². The topological polar surface area (TPSA) is 54.4 Å². The number of aromatic nitrogens is 1. The third-order valence-electron chi connectivity index (χ3n) is 3.08. The molecule has 2 rings (SSSR count). The van der Waals surface area contributed by atoms with Crippen LogP contribution in [0.25, 0.3) is 0 Å². The quantitative estimate of drug-likeness (QED) is 0.694. The van der Waals surface area contributed by atoms with Gasteiger partial charge in [-0.2, -0.15) is 5.10 Å². The van der Waals surface area contributed by atoms with Crippen molar-refractivity contribution in [1.82, 2.24) is 10.4 Å². The van der Waals surface area contributed by atoms with Crippen LogP contribution in [0.3, 0.4) is 0 Å². The van der Waals surface area contributed by atoms with E-state index >= 15 is 0 Å². The van der Waals surface area contributed by atoms with Gasteiger partial charge in [0.2, 0.25) is 0 Å². The summed E-state index contributed by atoms with van der Waals surface area (Å²) >= 11 is 0. The van der Waals surface area contributed by atoms with Crippen molar-refractivity contribution in [2.24, 2.45) is 5.10 Å². The van der Waals surface area contributed by atoms with Crippen LogP contribution in [0, 0.1) is 0 Å². The molecule has 4 heteroatoms. The van der Waals surface area contributed by atoms with E-state index in [9.17, 15) is 4.79 Å². The van der Waals surface area contributed by atoms with Crippen LogP contribution < -0.4 is 5.43 Å². The summed E-state index contributed by atoms with van der Waals surface area (Å²) < 4.78 is 0. The summed E-state index contributed by atoms with van der Waals surface area (Å²) in [6, 6.07) is 11.2. The van der Waals surface area contributed by atoms with Gasteiger partial charge in [0.25, 0.3) is 5.91 Å². The summed E-state index contributed by atoms with van der Waals surface area (Å²) in [4.78, 5) is 15.9. The molecule has 1 aromatic carbocycles. The van der Waals surface area contributed by atoms with Gasteiger partial charge in [0.15, 0.2) is 0 Å². The minimum absolute atomic E-state index is 0.0769. The van der Waals surface area contributed by atoms with E-state index in [2.05, 4.69) is 36.3 Å². The van der Waals surface area contributed by atoms with Crippen molar-refractivity contribution >= 4 is 12.1 Å². The molecule has 0 radical (unpaired) electrons. The first-order chi connectivity index (χ1) is 9.97. The molecule has 4 nitrogen and oxygen atoms in total. The molecule has 0 saturated carbocycles. The van der Waals surface area contributed by atoms with Crippen LogP contribution in [0.4, 0.5) is 0 Å². The monoisotopic (exact) mass is 281 g/mol. The zero-order valence-corrected chi connectivity index (χ0v) is 12.5. The smallest absolute Gasteiger partial charge is 0.267 e. The molecule has 0 aliphatic carbocycles. The summed E-state index contributed by atoms with van der Waals surface area (Å²) in [6.45, 7) is 6.42. The van der Waals surface area contributed by atoms with Crippen LogP contribution in [0.5, 0.6) is 0 Å². The fraction of sp³-hybridized carbons (Fsp3) is 0.235. The molecule has 0 fully saturated rings. The van der Waals surface area contributed by atoms with Gasteiger partial charge in [-0.15, -0.1) is 0 Å². The number of benzene rings is 1. The van der Waals surface area contributed by atoms with E-state index in [0.717, 1.165) is 5.56 Å². The molecule has 0 unspecified atom stereocenters. The predicted octanol–water partition coefficient (Wildman–Crippen LogP) is 3.14. The van der Waals surface area contributed by atoms with Crippen molar-refractivity contribution in [1.29, 1.82) is 0 Å². The average Bonchev–Trinajstić information content (AvgIpc) is 2.47. The number of carbonyl (C=O) groups is 1. The van der Waals surface area contributed by atoms with Gasteiger partial charge in [-0.3, -0.25) is 9.78 Å². The van der Waals surface area contributed by atoms with Crippen LogP contribution >= 0.6 is 0 Å². The molecule has 1 amide bonds. The summed E-state index contributed by atoms with van der Waals surface area (Å²) in [7, 11) is 0. The number of nitrogens with one attached hydrogen (secondary N) is 1. The molecule has 0 aliphatic rings. The first kappa shape index (κ1) is 14.9. The fourth-order valence-electron chi connectivity index (χ4n) is 1.80. The first-order valence-electron chi connectivity index (χ1n) is 6.81. The first-order valence-corrected chi connectivity index (χ1v) is 6.81. The normalized spacial score (nSPS) is 11.6. The van der Waals surface area contributed by atoms with Crippen LogP contribution in [-0.2, 0) is 5.41 Å². The Hall–Kier alpha value is -2.49. The maximum Gasteiger partial charge on any atom is 0.271 e. The summed E-state index contributed by atoms with van der Waals surface area (Å²) in [6.07, 6.45) is 4.93. The molecule has 1 heterocycles. The Labute approximate surface area is 124 Å². The van der Waals surface area contributed by atoms with Crippen LogP contribution in [0.2, 0.25) is 0 Å². The summed E-state index contributed by atoms with van der Waals surface area (Å²) in [5.74, 6) is -0.226. The molecular weight excluding hydrogens is 262 g/mol. The molecule has 21 heavy (non-hydrogen) atoms. The number of carbonyl (C=O) groups excluding carboxylic acids is 1. The lowest BCUT2D eigenvalue weighted by molar-refractivity contribution is 0.0955. The van der Waals surface area contributed by atoms with Gasteiger partial charge in [0.1, 0.15) is 0 Å². The highest BCUT2D eigenvalue weighted by Gasteiger charge is 2.13. The van der Waals surface area contributed by atoms with E-state index in [0.29, 0.717) is 5.56 Å². The third kappa shape index (κ3) is 4.24. The number of hydrogen-bond donors (Lipinski definition) is 1. The van der Waals surface area contributed by atoms with Crippen molar-refractivity contribution < 1.29 is 4.79 Å². The molecule has 108 valence electrons. The van der Waals surface area contributed by atoms with Crippen LogP contribution in [-0.4, -0.2) is 17.1 Å². The average molecular weight is 281 g/mol. The van der Waals surface area contributed by atoms with Crippen molar-refractivity contribution in [3.63, 3.8) is 0 Å². The molecule has 0 spiro atoms. The van der Waals surface area contributed by atoms with E-state index in [4.69, 9.17) is 0 Å². The number of pyridine rings is 1. The Balaban J connectivity index is 1.99. The molecule has 2 aromatic rings. The van der Waals surface area contributed by atoms with Crippen molar-refractivity contribution in [2.45, 2.75) is 26.2 Å². The number of hydrogen-bond acceptors (Lipinski definition) is 3. The Kier molecular flexibility index (Phi) is 4.48. The largest absolute Gasteiger partial charge is 0.271 e. The van der Waals surface area contributed by atoms with E-state index in [1.807, 2.05) is 36.4 Å². The fourth-order valence-corrected chi connectivity index (χ4v) is 1.80. The van der Waals surface area contributed by atoms with Gasteiger partial charge in [0, 0.05) is 23.5 Å². The second kappa shape index (κ2) is 6.31. The molecule has 0 bridgehead atoms. The van der Waals surface area contributed by atoms with Crippen molar-refractivity contribution in [2.75, 3.05) is 0 Å². The van der Waals surface area contributed by atoms with E-state index < -0.39 is 0 Å². The Morgan fingerprint density at radius 1 is 1.19 bits per heavy atom. The standard InChI is InChI=1S/C17H19N3O/c1-17(2,3)15-8-6-14(7-9-15)16(21)20-19-12-13-5-4-10-18-11-13/h4-12H,1-3H3,(H,20,21). The zero-order valence-electron chi connectivity index (χ0n) is 12.5. The predicted molar refractivity (Wildman–Crippen MR) is 84.4 cm³/mol. The maximum absolute atomic E-state index is 12.0. The second-order valence-corrected chi connectivity index (χ2v) is 5.81. The minimum atomic E-state index is -0.226. The van der Waals surface area contributed by atoms with Crippen LogP contribution in [0.1, 0.15) is 42.3 Å². The number of hydrazone groups is 1. The van der Waals surface area contributed by atoms with Crippen molar-refractivity contribution in [3.8, 4) is 0 Å². The molecule has 1 aromatic heterocycles. The Morgan fingerprint density at radius 3 is 2.48 bits per heavy atom. The number of amides is 1. The lowest BCUT2D eigenvalue weighted by Crippen LogP contribution is -2.18. The van der Waals surface area contributed by atoms with E-state index in [1.54, 1.807) is 18.6 Å². The Morgan fingerprint density at radius 2 is 1.90 bits per heavy atom. The van der Waals surface area contributed by atoms with Crippen LogP contribution in [0.15, 0.2) is 53.9 Å². The SMILES string of the molecule is CC(C)(C)c1ccc(C(=O)NN=Cc2cccnc2)cc1. The maximum atomic E-state index is 12.0. The third-order valence-corrected chi connectivity index (χ3v) is 3.08. The minimum Gasteiger partial charge on any atom is -0.267 e. The molecule has 0 aliphatic heterocycles. The van der Waals surface area contributed by atoms with Gasteiger partial charge >= 0.3 is 0 Å². The lowest BCUT2D eigenvalue weighted by Gasteiger charge is -2.18. The van der Waals surface area contributed by atoms with Crippen molar-refractivity contribution in [3.05, 3.63) is 65.5 Å². The van der Waals surface area contributed by atoms with E-state index in [1.165, 1.54) is 5.56 Å². The summed E-state index contributed by atoms with van der Waals surface area (Å²) in [5.41, 5.74) is 5.20. The molecule has 1 N–H and O–H groups in total. The lowest BCUT2D eigenvalue weighted by atomic mass is 9.87. The second-order valence-electron chi connectivity index (χ2n) is 5.81. The molecule has 0 atom stereocenters. The zero-order chi connectivity index (χ0) is 15.3. The highest BCUT2D eigenvalue weighted by Crippen LogP contribution is 2.22. The summed E-state index contributed by atoms with van der Waals surface area (Å²) in [5, 5.41) is 3.92. The number of nitrogens with zero attached hydrogens (tertiary/aromatic N) is 2. The Bertz CT molecular complexity index is 625.